The van der Waals surface area contributed by atoms with E-state index in [1.165, 1.54) is 50.7 Å². The van der Waals surface area contributed by atoms with E-state index in [2.05, 4.69) is 43.9 Å². The Morgan fingerprint density at radius 3 is 2.54 bits per heavy atom. The van der Waals surface area contributed by atoms with E-state index >= 15 is 0 Å². The first-order chi connectivity index (χ1) is 11.5. The van der Waals surface area contributed by atoms with Gasteiger partial charge in [-0.05, 0) is 62.8 Å². The Morgan fingerprint density at radius 1 is 1.12 bits per heavy atom. The van der Waals surface area contributed by atoms with Crippen molar-refractivity contribution in [1.29, 1.82) is 0 Å². The zero-order valence-corrected chi connectivity index (χ0v) is 15.9. The van der Waals surface area contributed by atoms with Crippen LogP contribution in [0.5, 0.6) is 0 Å². The van der Waals surface area contributed by atoms with Crippen molar-refractivity contribution in [2.45, 2.75) is 89.6 Å². The van der Waals surface area contributed by atoms with Crippen molar-refractivity contribution >= 4 is 0 Å². The van der Waals surface area contributed by atoms with Crippen molar-refractivity contribution in [3.63, 3.8) is 0 Å². The quantitative estimate of drug-likeness (QED) is 0.763. The maximum absolute atomic E-state index is 5.93. The molecule has 1 unspecified atom stereocenters. The van der Waals surface area contributed by atoms with Crippen LogP contribution in [0.15, 0.2) is 10.6 Å². The molecule has 1 aliphatic carbocycles. The lowest BCUT2D eigenvalue weighted by Gasteiger charge is -2.46. The van der Waals surface area contributed by atoms with Crippen LogP contribution in [0.4, 0.5) is 0 Å². The number of likely N-dealkylation sites (N-methyl/N-ethyl adjacent to an activating group) is 1. The van der Waals surface area contributed by atoms with Crippen molar-refractivity contribution in [3.8, 4) is 0 Å². The van der Waals surface area contributed by atoms with Crippen LogP contribution >= 0.6 is 0 Å². The highest BCUT2D eigenvalue weighted by Gasteiger charge is 2.49. The fraction of sp³-hybridized carbons (Fsp3) is 0.857. The fourth-order valence-corrected chi connectivity index (χ4v) is 5.84. The normalized spacial score (nSPS) is 40.4. The minimum absolute atomic E-state index is 0.453. The predicted octanol–water partition coefficient (Wildman–Crippen LogP) is 5.19. The first-order valence-corrected chi connectivity index (χ1v) is 10.2. The maximum Gasteiger partial charge on any atom is 0.141 e. The van der Waals surface area contributed by atoms with E-state index in [1.54, 1.807) is 0 Å². The fourth-order valence-electron chi connectivity index (χ4n) is 5.84. The van der Waals surface area contributed by atoms with E-state index in [0.717, 1.165) is 29.5 Å². The van der Waals surface area contributed by atoms with Crippen LogP contribution in [0.25, 0.3) is 0 Å². The molecule has 24 heavy (non-hydrogen) atoms. The molecule has 4 atom stereocenters. The van der Waals surface area contributed by atoms with Crippen molar-refractivity contribution in [2.75, 3.05) is 7.05 Å². The molecule has 0 N–H and O–H groups in total. The molecule has 1 aromatic heterocycles. The summed E-state index contributed by atoms with van der Waals surface area (Å²) in [5, 5.41) is 4.40. The second-order valence-corrected chi connectivity index (χ2v) is 9.22. The van der Waals surface area contributed by atoms with Crippen LogP contribution in [0, 0.1) is 17.8 Å². The molecular weight excluding hydrogens is 296 g/mol. The summed E-state index contributed by atoms with van der Waals surface area (Å²) < 4.78 is 5.93. The molecule has 0 radical (unpaired) electrons. The molecule has 1 saturated carbocycles. The van der Waals surface area contributed by atoms with Gasteiger partial charge in [0.05, 0.1) is 5.69 Å². The van der Waals surface area contributed by atoms with Gasteiger partial charge in [-0.15, -0.1) is 0 Å². The highest BCUT2D eigenvalue weighted by Crippen LogP contribution is 2.52. The predicted molar refractivity (Wildman–Crippen MR) is 97.1 cm³/mol. The van der Waals surface area contributed by atoms with Crippen LogP contribution in [0.2, 0.25) is 0 Å². The first kappa shape index (κ1) is 16.6. The number of aromatic nitrogens is 1. The lowest BCUT2D eigenvalue weighted by Crippen LogP contribution is -2.47. The average Bonchev–Trinajstić information content (AvgIpc) is 3.12. The zero-order chi connectivity index (χ0) is 16.8. The van der Waals surface area contributed by atoms with Crippen LogP contribution < -0.4 is 0 Å². The molecule has 0 spiro atoms. The van der Waals surface area contributed by atoms with Gasteiger partial charge in [-0.3, -0.25) is 4.90 Å². The summed E-state index contributed by atoms with van der Waals surface area (Å²) in [6, 6.07) is 3.75. The standard InChI is InChI=1S/C21H34N2O/c1-13(2)18-12-20(24-22-18)21-17(15-7-5-14(3)6-8-15)11-16-9-10-19(21)23(16)4/h12-17,19,21H,5-11H2,1-4H3/t14?,15?,16-,17-,19?,21+/m1/s1. The highest BCUT2D eigenvalue weighted by molar-refractivity contribution is 5.19. The van der Waals surface area contributed by atoms with E-state index in [-0.39, 0.29) is 0 Å². The SMILES string of the molecule is CC1CCC([C@H]2C[C@H]3CCC([C@H]2c2cc(C(C)C)no2)N3C)CC1. The Hall–Kier alpha value is -0.830. The number of piperidine rings is 1. The van der Waals surface area contributed by atoms with Crippen molar-refractivity contribution < 1.29 is 4.52 Å². The molecule has 2 aliphatic heterocycles. The van der Waals surface area contributed by atoms with E-state index in [1.807, 2.05) is 0 Å². The number of rotatable bonds is 3. The first-order valence-electron chi connectivity index (χ1n) is 10.2. The summed E-state index contributed by atoms with van der Waals surface area (Å²) in [5.41, 5.74) is 1.13. The molecule has 134 valence electrons. The smallest absolute Gasteiger partial charge is 0.141 e. The third-order valence-electron chi connectivity index (χ3n) is 7.45. The van der Waals surface area contributed by atoms with Crippen LogP contribution in [0.3, 0.4) is 0 Å². The van der Waals surface area contributed by atoms with Crippen molar-refractivity contribution in [2.24, 2.45) is 17.8 Å². The maximum atomic E-state index is 5.93. The third-order valence-corrected chi connectivity index (χ3v) is 7.45. The molecule has 1 aromatic rings. The summed E-state index contributed by atoms with van der Waals surface area (Å²) >= 11 is 0. The average molecular weight is 331 g/mol. The van der Waals surface area contributed by atoms with Crippen LogP contribution in [-0.4, -0.2) is 29.2 Å². The Bertz CT molecular complexity index is 558. The lowest BCUT2D eigenvalue weighted by molar-refractivity contribution is 0.0470. The summed E-state index contributed by atoms with van der Waals surface area (Å²) in [4.78, 5) is 2.66. The van der Waals surface area contributed by atoms with Gasteiger partial charge in [0.15, 0.2) is 0 Å². The van der Waals surface area contributed by atoms with Gasteiger partial charge in [-0.25, -0.2) is 0 Å². The Balaban J connectivity index is 1.62. The van der Waals surface area contributed by atoms with Gasteiger partial charge in [0.25, 0.3) is 0 Å². The Morgan fingerprint density at radius 2 is 1.88 bits per heavy atom. The van der Waals surface area contributed by atoms with Crippen LogP contribution in [-0.2, 0) is 0 Å². The number of hydrogen-bond donors (Lipinski definition) is 0. The Kier molecular flexibility index (Phi) is 4.49. The topological polar surface area (TPSA) is 29.3 Å². The molecule has 3 nitrogen and oxygen atoms in total. The molecular formula is C21H34N2O. The molecule has 3 fully saturated rings. The van der Waals surface area contributed by atoms with Gasteiger partial charge in [0.2, 0.25) is 0 Å². The Labute approximate surface area is 147 Å². The van der Waals surface area contributed by atoms with Crippen molar-refractivity contribution in [3.05, 3.63) is 17.5 Å². The minimum atomic E-state index is 0.453. The summed E-state index contributed by atoms with van der Waals surface area (Å²) in [7, 11) is 2.34. The number of fused-ring (bicyclic) bond motifs is 2. The zero-order valence-electron chi connectivity index (χ0n) is 15.9. The lowest BCUT2D eigenvalue weighted by atomic mass is 9.66. The van der Waals surface area contributed by atoms with E-state index in [4.69, 9.17) is 4.52 Å². The van der Waals surface area contributed by atoms with Gasteiger partial charge >= 0.3 is 0 Å². The molecule has 3 heteroatoms. The summed E-state index contributed by atoms with van der Waals surface area (Å²) in [6.07, 6.45) is 9.78. The second kappa shape index (κ2) is 6.48. The highest BCUT2D eigenvalue weighted by atomic mass is 16.5. The molecule has 3 aliphatic rings. The molecule has 2 bridgehead atoms. The van der Waals surface area contributed by atoms with Crippen molar-refractivity contribution in [1.82, 2.24) is 10.1 Å². The van der Waals surface area contributed by atoms with Gasteiger partial charge in [-0.1, -0.05) is 38.8 Å². The molecule has 3 heterocycles. The molecule has 4 rings (SSSR count). The molecule has 0 aromatic carbocycles. The van der Waals surface area contributed by atoms with Gasteiger partial charge in [0, 0.05) is 24.1 Å². The monoisotopic (exact) mass is 330 g/mol. The second-order valence-electron chi connectivity index (χ2n) is 9.22. The minimum Gasteiger partial charge on any atom is -0.361 e. The third kappa shape index (κ3) is 2.83. The summed E-state index contributed by atoms with van der Waals surface area (Å²) in [5.74, 6) is 4.83. The van der Waals surface area contributed by atoms with Gasteiger partial charge in [-0.2, -0.15) is 0 Å². The molecule has 2 saturated heterocycles. The van der Waals surface area contributed by atoms with Crippen LogP contribution in [0.1, 0.15) is 89.0 Å². The number of hydrogen-bond acceptors (Lipinski definition) is 3. The van der Waals surface area contributed by atoms with E-state index in [9.17, 15) is 0 Å². The molecule has 0 amide bonds. The summed E-state index contributed by atoms with van der Waals surface area (Å²) in [6.45, 7) is 6.85. The van der Waals surface area contributed by atoms with Gasteiger partial charge < -0.3 is 4.52 Å². The van der Waals surface area contributed by atoms with Gasteiger partial charge in [0.1, 0.15) is 5.76 Å². The number of nitrogens with zero attached hydrogens (tertiary/aromatic N) is 2. The van der Waals surface area contributed by atoms with E-state index in [0.29, 0.717) is 17.9 Å². The van der Waals surface area contributed by atoms with E-state index < -0.39 is 0 Å². The largest absolute Gasteiger partial charge is 0.361 e.